The summed E-state index contributed by atoms with van der Waals surface area (Å²) in [7, 11) is 0. The second-order valence-corrected chi connectivity index (χ2v) is 3.93. The molecule has 1 saturated carbocycles. The van der Waals surface area contributed by atoms with Crippen LogP contribution in [-0.4, -0.2) is 19.6 Å². The number of ether oxygens (including phenoxy) is 1. The van der Waals surface area contributed by atoms with Crippen LogP contribution < -0.4 is 51.4 Å². The SMILES string of the molecule is CCCC1C(C(=O)OCC)C1[B-](F)(F)F.[K+]. The fourth-order valence-corrected chi connectivity index (χ4v) is 2.19. The van der Waals surface area contributed by atoms with Gasteiger partial charge < -0.3 is 17.7 Å². The van der Waals surface area contributed by atoms with Crippen molar-refractivity contribution in [2.75, 3.05) is 6.61 Å². The minimum atomic E-state index is -4.90. The van der Waals surface area contributed by atoms with Gasteiger partial charge >= 0.3 is 64.3 Å². The van der Waals surface area contributed by atoms with Crippen LogP contribution in [0.3, 0.4) is 0 Å². The molecule has 0 heterocycles. The molecule has 1 rings (SSSR count). The van der Waals surface area contributed by atoms with Crippen LogP contribution in [0.2, 0.25) is 5.82 Å². The third-order valence-electron chi connectivity index (χ3n) is 2.85. The predicted molar refractivity (Wildman–Crippen MR) is 51.3 cm³/mol. The molecule has 7 heteroatoms. The van der Waals surface area contributed by atoms with E-state index in [1.54, 1.807) is 6.92 Å². The van der Waals surface area contributed by atoms with Crippen molar-refractivity contribution in [1.29, 1.82) is 0 Å². The summed E-state index contributed by atoms with van der Waals surface area (Å²) in [5.41, 5.74) is 0. The summed E-state index contributed by atoms with van der Waals surface area (Å²) in [5, 5.41) is 0. The van der Waals surface area contributed by atoms with Crippen LogP contribution in [-0.2, 0) is 9.53 Å². The summed E-state index contributed by atoms with van der Waals surface area (Å²) in [6.07, 6.45) is 1.12. The van der Waals surface area contributed by atoms with E-state index in [1.165, 1.54) is 0 Å². The van der Waals surface area contributed by atoms with Crippen molar-refractivity contribution in [3.8, 4) is 0 Å². The first-order chi connectivity index (χ1) is 6.93. The minimum Gasteiger partial charge on any atom is -0.466 e. The average molecular weight is 262 g/mol. The van der Waals surface area contributed by atoms with Crippen molar-refractivity contribution in [3.63, 3.8) is 0 Å². The third kappa shape index (κ3) is 4.01. The summed E-state index contributed by atoms with van der Waals surface area (Å²) < 4.78 is 42.2. The van der Waals surface area contributed by atoms with E-state index in [-0.39, 0.29) is 58.0 Å². The van der Waals surface area contributed by atoms with Gasteiger partial charge in [-0.3, -0.25) is 4.79 Å². The van der Waals surface area contributed by atoms with Crippen molar-refractivity contribution in [2.24, 2.45) is 11.8 Å². The van der Waals surface area contributed by atoms with Gasteiger partial charge in [-0.15, -0.1) is 0 Å². The second-order valence-electron chi connectivity index (χ2n) is 3.93. The monoisotopic (exact) mass is 262 g/mol. The predicted octanol–water partition coefficient (Wildman–Crippen LogP) is -0.183. The Morgan fingerprint density at radius 2 is 1.88 bits per heavy atom. The molecule has 88 valence electrons. The molecule has 0 aromatic rings. The maximum atomic E-state index is 12.5. The number of rotatable bonds is 5. The van der Waals surface area contributed by atoms with Crippen molar-refractivity contribution in [2.45, 2.75) is 32.5 Å². The van der Waals surface area contributed by atoms with E-state index in [0.717, 1.165) is 0 Å². The average Bonchev–Trinajstić information content (AvgIpc) is 2.79. The Morgan fingerprint density at radius 1 is 1.31 bits per heavy atom. The van der Waals surface area contributed by atoms with Gasteiger partial charge in [0.25, 0.3) is 0 Å². The number of hydrogen-bond acceptors (Lipinski definition) is 2. The maximum absolute atomic E-state index is 12.5. The number of carbonyl (C=O) groups excluding carboxylic acids is 1. The normalized spacial score (nSPS) is 28.2. The summed E-state index contributed by atoms with van der Waals surface area (Å²) in [6.45, 7) is -1.34. The van der Waals surface area contributed by atoms with E-state index < -0.39 is 30.6 Å². The molecule has 3 atom stereocenters. The largest absolute Gasteiger partial charge is 1.00 e. The molecule has 0 aliphatic heterocycles. The molecule has 0 N–H and O–H groups in total. The van der Waals surface area contributed by atoms with Crippen molar-refractivity contribution < 1.29 is 73.9 Å². The Hall–Kier alpha value is 0.961. The molecule has 1 fully saturated rings. The summed E-state index contributed by atoms with van der Waals surface area (Å²) >= 11 is 0. The Labute approximate surface area is 136 Å². The van der Waals surface area contributed by atoms with Crippen LogP contribution in [0, 0.1) is 11.8 Å². The van der Waals surface area contributed by atoms with Gasteiger partial charge in [0.2, 0.25) is 0 Å². The first-order valence-corrected chi connectivity index (χ1v) is 5.30. The van der Waals surface area contributed by atoms with Gasteiger partial charge in [-0.2, -0.15) is 0 Å². The van der Waals surface area contributed by atoms with E-state index in [0.29, 0.717) is 12.8 Å². The molecular weight excluding hydrogens is 247 g/mol. The first kappa shape index (κ1) is 17.0. The third-order valence-corrected chi connectivity index (χ3v) is 2.85. The zero-order chi connectivity index (χ0) is 11.6. The molecule has 0 bridgehead atoms. The van der Waals surface area contributed by atoms with E-state index in [2.05, 4.69) is 4.74 Å². The van der Waals surface area contributed by atoms with E-state index in [9.17, 15) is 17.7 Å². The van der Waals surface area contributed by atoms with Gasteiger partial charge in [0.05, 0.1) is 6.61 Å². The van der Waals surface area contributed by atoms with Gasteiger partial charge in [-0.05, 0) is 6.92 Å². The molecule has 2 nitrogen and oxygen atoms in total. The van der Waals surface area contributed by atoms with E-state index in [1.807, 2.05) is 6.92 Å². The van der Waals surface area contributed by atoms with E-state index >= 15 is 0 Å². The number of hydrogen-bond donors (Lipinski definition) is 0. The van der Waals surface area contributed by atoms with Gasteiger partial charge in [0.15, 0.2) is 0 Å². The van der Waals surface area contributed by atoms with E-state index in [4.69, 9.17) is 0 Å². The molecule has 1 aliphatic rings. The van der Waals surface area contributed by atoms with Gasteiger partial charge in [-0.1, -0.05) is 31.5 Å². The molecule has 0 radical (unpaired) electrons. The number of esters is 1. The van der Waals surface area contributed by atoms with Gasteiger partial charge in [0, 0.05) is 5.92 Å². The van der Waals surface area contributed by atoms with Crippen LogP contribution in [0.5, 0.6) is 0 Å². The van der Waals surface area contributed by atoms with Crippen LogP contribution in [0.25, 0.3) is 0 Å². The molecule has 0 aromatic carbocycles. The second kappa shape index (κ2) is 6.78. The maximum Gasteiger partial charge on any atom is 1.00 e. The van der Waals surface area contributed by atoms with Crippen LogP contribution in [0.15, 0.2) is 0 Å². The van der Waals surface area contributed by atoms with Crippen molar-refractivity contribution in [3.05, 3.63) is 0 Å². The first-order valence-electron chi connectivity index (χ1n) is 5.30. The van der Waals surface area contributed by atoms with Crippen LogP contribution >= 0.6 is 0 Å². The van der Waals surface area contributed by atoms with Crippen LogP contribution in [0.4, 0.5) is 12.9 Å². The smallest absolute Gasteiger partial charge is 0.466 e. The molecule has 0 spiro atoms. The zero-order valence-electron chi connectivity index (χ0n) is 9.88. The molecule has 3 unspecified atom stereocenters. The Bertz CT molecular complexity index is 247. The molecule has 0 saturated heterocycles. The molecule has 0 amide bonds. The summed E-state index contributed by atoms with van der Waals surface area (Å²) in [5.74, 6) is -3.55. The topological polar surface area (TPSA) is 26.3 Å². The van der Waals surface area contributed by atoms with Crippen molar-refractivity contribution in [1.82, 2.24) is 0 Å². The quantitative estimate of drug-likeness (QED) is 0.507. The molecule has 16 heavy (non-hydrogen) atoms. The summed E-state index contributed by atoms with van der Waals surface area (Å²) in [4.78, 5) is 11.2. The standard InChI is InChI=1S/C9H15BF3O2.K/c1-3-5-6-7(9(14)15-4-2)8(6)10(11,12)13;/h6-8H,3-5H2,1-2H3;/q-1;+1. The summed E-state index contributed by atoms with van der Waals surface area (Å²) in [6, 6.07) is 0. The molecule has 1 aliphatic carbocycles. The Kier molecular flexibility index (Phi) is 7.18. The zero-order valence-corrected chi connectivity index (χ0v) is 13.0. The van der Waals surface area contributed by atoms with Crippen molar-refractivity contribution >= 4 is 12.9 Å². The number of carbonyl (C=O) groups is 1. The number of halogens is 3. The molecular formula is C9H15BF3KO2. The Balaban J connectivity index is 0.00000225. The fourth-order valence-electron chi connectivity index (χ4n) is 2.19. The van der Waals surface area contributed by atoms with Crippen LogP contribution in [0.1, 0.15) is 26.7 Å². The molecule has 0 aromatic heterocycles. The fraction of sp³-hybridized carbons (Fsp3) is 0.889. The van der Waals surface area contributed by atoms with Gasteiger partial charge in [0.1, 0.15) is 0 Å². The Morgan fingerprint density at radius 3 is 2.25 bits per heavy atom. The minimum absolute atomic E-state index is 0. The van der Waals surface area contributed by atoms with Gasteiger partial charge in [-0.25, -0.2) is 0 Å².